The summed E-state index contributed by atoms with van der Waals surface area (Å²) < 4.78 is 0. The van der Waals surface area contributed by atoms with Crippen LogP contribution in [0.4, 0.5) is 0 Å². The summed E-state index contributed by atoms with van der Waals surface area (Å²) in [7, 11) is 0. The van der Waals surface area contributed by atoms with Crippen LogP contribution in [0.5, 0.6) is 0 Å². The fraction of sp³-hybridized carbons (Fsp3) is 0.286. The summed E-state index contributed by atoms with van der Waals surface area (Å²) >= 11 is 0. The summed E-state index contributed by atoms with van der Waals surface area (Å²) in [6, 6.07) is 8.66. The topological polar surface area (TPSA) is 0 Å². The number of rotatable bonds is 3. The van der Waals surface area contributed by atoms with Crippen LogP contribution in [0.15, 0.2) is 42.5 Å². The van der Waals surface area contributed by atoms with Gasteiger partial charge < -0.3 is 0 Å². The third-order valence-corrected chi connectivity index (χ3v) is 2.62. The van der Waals surface area contributed by atoms with Crippen LogP contribution in [0.25, 0.3) is 5.57 Å². The van der Waals surface area contributed by atoms with Gasteiger partial charge in [-0.25, -0.2) is 0 Å². The van der Waals surface area contributed by atoms with Crippen molar-refractivity contribution in [1.82, 2.24) is 0 Å². The Morgan fingerprint density at radius 3 is 3.00 bits per heavy atom. The standard InChI is InChI=1S/C14H16/c1-2-3-4-7-12-10-11-13-8-5-6-9-14(12)13/h4-10H,2-3,11H2,1H3. The summed E-state index contributed by atoms with van der Waals surface area (Å²) in [6.45, 7) is 2.21. The zero-order valence-corrected chi connectivity index (χ0v) is 8.66. The molecule has 0 aliphatic heterocycles. The van der Waals surface area contributed by atoms with Gasteiger partial charge in [-0.15, -0.1) is 0 Å². The number of benzene rings is 1. The summed E-state index contributed by atoms with van der Waals surface area (Å²) in [4.78, 5) is 0. The summed E-state index contributed by atoms with van der Waals surface area (Å²) in [5, 5.41) is 0. The Hall–Kier alpha value is -1.30. The first-order valence-electron chi connectivity index (χ1n) is 5.37. The molecule has 0 radical (unpaired) electrons. The van der Waals surface area contributed by atoms with E-state index in [9.17, 15) is 0 Å². The molecule has 0 nitrogen and oxygen atoms in total. The van der Waals surface area contributed by atoms with Gasteiger partial charge in [0.1, 0.15) is 0 Å². The molecule has 0 heterocycles. The Balaban J connectivity index is 2.17. The van der Waals surface area contributed by atoms with Crippen molar-refractivity contribution >= 4 is 5.57 Å². The van der Waals surface area contributed by atoms with Crippen LogP contribution in [0.2, 0.25) is 0 Å². The first-order valence-corrected chi connectivity index (χ1v) is 5.37. The van der Waals surface area contributed by atoms with E-state index in [0.29, 0.717) is 0 Å². The molecule has 0 atom stereocenters. The van der Waals surface area contributed by atoms with Gasteiger partial charge in [0.15, 0.2) is 0 Å². The lowest BCUT2D eigenvalue weighted by atomic mass is 10.1. The van der Waals surface area contributed by atoms with Crippen molar-refractivity contribution in [2.75, 3.05) is 0 Å². The van der Waals surface area contributed by atoms with E-state index in [1.807, 2.05) is 0 Å². The predicted octanol–water partition coefficient (Wildman–Crippen LogP) is 3.98. The monoisotopic (exact) mass is 184 g/mol. The maximum atomic E-state index is 2.32. The SMILES string of the molecule is CCCC=CC1=CCc2ccccc21. The molecule has 0 fully saturated rings. The second-order valence-corrected chi connectivity index (χ2v) is 3.71. The Morgan fingerprint density at radius 1 is 1.29 bits per heavy atom. The molecule has 14 heavy (non-hydrogen) atoms. The van der Waals surface area contributed by atoms with Crippen LogP contribution in [0, 0.1) is 0 Å². The highest BCUT2D eigenvalue weighted by Crippen LogP contribution is 2.27. The van der Waals surface area contributed by atoms with Crippen LogP contribution in [0.3, 0.4) is 0 Å². The molecule has 1 aliphatic rings. The van der Waals surface area contributed by atoms with Gasteiger partial charge in [0.2, 0.25) is 0 Å². The highest BCUT2D eigenvalue weighted by atomic mass is 14.1. The summed E-state index contributed by atoms with van der Waals surface area (Å²) in [5.41, 5.74) is 4.28. The molecule has 72 valence electrons. The molecule has 0 N–H and O–H groups in total. The molecular weight excluding hydrogens is 168 g/mol. The van der Waals surface area contributed by atoms with E-state index in [1.54, 1.807) is 0 Å². The lowest BCUT2D eigenvalue weighted by molar-refractivity contribution is 0.959. The molecule has 0 spiro atoms. The first kappa shape index (κ1) is 9.26. The smallest absolute Gasteiger partial charge is 0.00821 e. The maximum Gasteiger partial charge on any atom is -0.00821 e. The number of fused-ring (bicyclic) bond motifs is 1. The van der Waals surface area contributed by atoms with E-state index in [2.05, 4.69) is 49.4 Å². The molecule has 0 amide bonds. The van der Waals surface area contributed by atoms with Crippen molar-refractivity contribution in [3.63, 3.8) is 0 Å². The average molecular weight is 184 g/mol. The van der Waals surface area contributed by atoms with Gasteiger partial charge in [0.25, 0.3) is 0 Å². The molecule has 0 saturated heterocycles. The Bertz CT molecular complexity index is 369. The zero-order chi connectivity index (χ0) is 9.80. The van der Waals surface area contributed by atoms with Gasteiger partial charge >= 0.3 is 0 Å². The molecular formula is C14H16. The Labute approximate surface area is 86.0 Å². The lowest BCUT2D eigenvalue weighted by Gasteiger charge is -1.99. The van der Waals surface area contributed by atoms with Crippen molar-refractivity contribution in [2.24, 2.45) is 0 Å². The van der Waals surface area contributed by atoms with E-state index in [0.717, 1.165) is 6.42 Å². The van der Waals surface area contributed by atoms with Crippen LogP contribution < -0.4 is 0 Å². The third kappa shape index (κ3) is 1.79. The van der Waals surface area contributed by atoms with Gasteiger partial charge in [0.05, 0.1) is 0 Å². The highest BCUT2D eigenvalue weighted by molar-refractivity contribution is 5.79. The molecule has 1 aromatic carbocycles. The zero-order valence-electron chi connectivity index (χ0n) is 8.66. The minimum absolute atomic E-state index is 1.10. The number of allylic oxidation sites excluding steroid dienone is 4. The van der Waals surface area contributed by atoms with E-state index in [1.165, 1.54) is 29.5 Å². The van der Waals surface area contributed by atoms with Crippen molar-refractivity contribution in [1.29, 1.82) is 0 Å². The number of hydrogen-bond donors (Lipinski definition) is 0. The Morgan fingerprint density at radius 2 is 2.14 bits per heavy atom. The average Bonchev–Trinajstić information content (AvgIpc) is 2.63. The second-order valence-electron chi connectivity index (χ2n) is 3.71. The van der Waals surface area contributed by atoms with Gasteiger partial charge in [-0.2, -0.15) is 0 Å². The predicted molar refractivity (Wildman–Crippen MR) is 62.2 cm³/mol. The quantitative estimate of drug-likeness (QED) is 0.666. The third-order valence-electron chi connectivity index (χ3n) is 2.62. The molecule has 0 heteroatoms. The van der Waals surface area contributed by atoms with Gasteiger partial charge in [0, 0.05) is 0 Å². The number of hydrogen-bond acceptors (Lipinski definition) is 0. The van der Waals surface area contributed by atoms with Crippen molar-refractivity contribution < 1.29 is 0 Å². The maximum absolute atomic E-state index is 2.32. The van der Waals surface area contributed by atoms with Crippen molar-refractivity contribution in [3.8, 4) is 0 Å². The van der Waals surface area contributed by atoms with Crippen molar-refractivity contribution in [2.45, 2.75) is 26.2 Å². The fourth-order valence-corrected chi connectivity index (χ4v) is 1.84. The van der Waals surface area contributed by atoms with Crippen LogP contribution in [-0.4, -0.2) is 0 Å². The van der Waals surface area contributed by atoms with Crippen LogP contribution >= 0.6 is 0 Å². The van der Waals surface area contributed by atoms with Gasteiger partial charge in [-0.1, -0.05) is 55.8 Å². The summed E-state index contributed by atoms with van der Waals surface area (Å²) in [5.74, 6) is 0. The minimum atomic E-state index is 1.10. The lowest BCUT2D eigenvalue weighted by Crippen LogP contribution is -1.80. The molecule has 0 aromatic heterocycles. The van der Waals surface area contributed by atoms with Crippen LogP contribution in [0.1, 0.15) is 30.9 Å². The van der Waals surface area contributed by atoms with Gasteiger partial charge in [-0.3, -0.25) is 0 Å². The van der Waals surface area contributed by atoms with E-state index in [-0.39, 0.29) is 0 Å². The summed E-state index contributed by atoms with van der Waals surface area (Å²) in [6.07, 6.45) is 10.4. The minimum Gasteiger partial charge on any atom is -0.0839 e. The molecule has 2 rings (SSSR count). The largest absolute Gasteiger partial charge is 0.0839 e. The van der Waals surface area contributed by atoms with E-state index in [4.69, 9.17) is 0 Å². The molecule has 0 saturated carbocycles. The Kier molecular flexibility index (Phi) is 2.83. The first-order chi connectivity index (χ1) is 6.92. The van der Waals surface area contributed by atoms with Crippen LogP contribution in [-0.2, 0) is 6.42 Å². The van der Waals surface area contributed by atoms with E-state index >= 15 is 0 Å². The molecule has 0 unspecified atom stereocenters. The normalized spacial score (nSPS) is 14.5. The van der Waals surface area contributed by atoms with E-state index < -0.39 is 0 Å². The fourth-order valence-electron chi connectivity index (χ4n) is 1.84. The van der Waals surface area contributed by atoms with Gasteiger partial charge in [-0.05, 0) is 29.5 Å². The highest BCUT2D eigenvalue weighted by Gasteiger charge is 2.09. The number of unbranched alkanes of at least 4 members (excludes halogenated alkanes) is 1. The molecule has 1 aliphatic carbocycles. The molecule has 0 bridgehead atoms. The molecule has 1 aromatic rings. The second kappa shape index (κ2) is 4.28. The van der Waals surface area contributed by atoms with Crippen molar-refractivity contribution in [3.05, 3.63) is 53.6 Å².